The highest BCUT2D eigenvalue weighted by Crippen LogP contribution is 2.17. The molecule has 0 radical (unpaired) electrons. The van der Waals surface area contributed by atoms with E-state index in [2.05, 4.69) is 25.5 Å². The van der Waals surface area contributed by atoms with E-state index >= 15 is 0 Å². The van der Waals surface area contributed by atoms with Crippen molar-refractivity contribution < 1.29 is 9.32 Å². The number of piperidine rings is 1. The third-order valence-corrected chi connectivity index (χ3v) is 4.14. The first-order chi connectivity index (χ1) is 11.1. The second-order valence-electron chi connectivity index (χ2n) is 6.02. The van der Waals surface area contributed by atoms with Crippen LogP contribution in [0.15, 0.2) is 16.8 Å². The third-order valence-electron chi connectivity index (χ3n) is 4.14. The van der Waals surface area contributed by atoms with Crippen LogP contribution in [0.25, 0.3) is 0 Å². The van der Waals surface area contributed by atoms with Gasteiger partial charge in [-0.15, -0.1) is 0 Å². The summed E-state index contributed by atoms with van der Waals surface area (Å²) in [5.41, 5.74) is 0.583. The lowest BCUT2D eigenvalue weighted by Gasteiger charge is -2.31. The van der Waals surface area contributed by atoms with Gasteiger partial charge in [0, 0.05) is 33.3 Å². The summed E-state index contributed by atoms with van der Waals surface area (Å²) in [6.07, 6.45) is 3.86. The fourth-order valence-electron chi connectivity index (χ4n) is 2.99. The Labute approximate surface area is 134 Å². The maximum Gasteiger partial charge on any atom is 0.269 e. The predicted molar refractivity (Wildman–Crippen MR) is 82.6 cm³/mol. The molecule has 1 amide bonds. The average Bonchev–Trinajstić information content (AvgIpc) is 3.14. The van der Waals surface area contributed by atoms with Crippen molar-refractivity contribution in [3.05, 3.63) is 29.7 Å². The van der Waals surface area contributed by atoms with Gasteiger partial charge in [-0.3, -0.25) is 14.4 Å². The molecule has 0 bridgehead atoms. The van der Waals surface area contributed by atoms with Crippen molar-refractivity contribution in [2.24, 2.45) is 13.0 Å². The minimum atomic E-state index is -0.0732. The molecule has 0 aromatic carbocycles. The number of hydrogen-bond donors (Lipinski definition) is 1. The van der Waals surface area contributed by atoms with Gasteiger partial charge in [-0.05, 0) is 31.4 Å². The van der Waals surface area contributed by atoms with Gasteiger partial charge in [0.2, 0.25) is 5.89 Å². The van der Waals surface area contributed by atoms with Gasteiger partial charge in [-0.1, -0.05) is 5.16 Å². The van der Waals surface area contributed by atoms with Gasteiger partial charge in [-0.25, -0.2) is 0 Å². The fourth-order valence-corrected chi connectivity index (χ4v) is 2.99. The molecule has 0 aliphatic carbocycles. The van der Waals surface area contributed by atoms with E-state index in [0.717, 1.165) is 31.8 Å². The first-order valence-electron chi connectivity index (χ1n) is 7.89. The van der Waals surface area contributed by atoms with E-state index in [1.54, 1.807) is 30.9 Å². The normalized spacial score (nSPS) is 19.0. The predicted octanol–water partition coefficient (Wildman–Crippen LogP) is 0.754. The van der Waals surface area contributed by atoms with Crippen molar-refractivity contribution in [2.45, 2.75) is 26.3 Å². The Morgan fingerprint density at radius 1 is 1.52 bits per heavy atom. The zero-order chi connectivity index (χ0) is 16.2. The van der Waals surface area contributed by atoms with Gasteiger partial charge in [-0.2, -0.15) is 10.1 Å². The molecule has 8 nitrogen and oxygen atoms in total. The molecule has 1 aliphatic heterocycles. The molecule has 23 heavy (non-hydrogen) atoms. The van der Waals surface area contributed by atoms with Gasteiger partial charge in [0.25, 0.3) is 5.91 Å². The summed E-state index contributed by atoms with van der Waals surface area (Å²) in [6, 6.07) is 1.72. The Hall–Kier alpha value is -2.22. The van der Waals surface area contributed by atoms with Gasteiger partial charge in [0.1, 0.15) is 5.69 Å². The number of likely N-dealkylation sites (tertiary alicyclic amines) is 1. The average molecular weight is 318 g/mol. The second-order valence-corrected chi connectivity index (χ2v) is 6.02. The summed E-state index contributed by atoms with van der Waals surface area (Å²) in [4.78, 5) is 18.7. The lowest BCUT2D eigenvalue weighted by Crippen LogP contribution is -2.41. The summed E-state index contributed by atoms with van der Waals surface area (Å²) < 4.78 is 6.60. The molecule has 3 rings (SSSR count). The van der Waals surface area contributed by atoms with Crippen molar-refractivity contribution in [2.75, 3.05) is 19.6 Å². The van der Waals surface area contributed by atoms with E-state index in [-0.39, 0.29) is 5.91 Å². The molecular formula is C15H22N6O2. The largest absolute Gasteiger partial charge is 0.350 e. The number of hydrogen-bond acceptors (Lipinski definition) is 6. The van der Waals surface area contributed by atoms with Crippen LogP contribution in [0.3, 0.4) is 0 Å². The number of rotatable bonds is 5. The maximum atomic E-state index is 12.1. The van der Waals surface area contributed by atoms with Crippen molar-refractivity contribution in [1.29, 1.82) is 0 Å². The summed E-state index contributed by atoms with van der Waals surface area (Å²) >= 11 is 0. The molecule has 1 saturated heterocycles. The quantitative estimate of drug-likeness (QED) is 0.875. The van der Waals surface area contributed by atoms with Crippen molar-refractivity contribution in [1.82, 2.24) is 30.1 Å². The van der Waals surface area contributed by atoms with E-state index in [0.29, 0.717) is 30.6 Å². The number of amides is 1. The summed E-state index contributed by atoms with van der Waals surface area (Å²) in [6.45, 7) is 5.12. The Kier molecular flexibility index (Phi) is 4.71. The van der Waals surface area contributed by atoms with Gasteiger partial charge < -0.3 is 9.84 Å². The van der Waals surface area contributed by atoms with Gasteiger partial charge in [0.15, 0.2) is 5.82 Å². The second kappa shape index (κ2) is 6.91. The summed E-state index contributed by atoms with van der Waals surface area (Å²) in [5.74, 6) is 1.68. The highest BCUT2D eigenvalue weighted by Gasteiger charge is 2.22. The van der Waals surface area contributed by atoms with E-state index < -0.39 is 0 Å². The van der Waals surface area contributed by atoms with Gasteiger partial charge in [0.05, 0.1) is 6.54 Å². The molecule has 124 valence electrons. The van der Waals surface area contributed by atoms with Crippen molar-refractivity contribution in [3.63, 3.8) is 0 Å². The highest BCUT2D eigenvalue weighted by molar-refractivity contribution is 5.92. The first-order valence-corrected chi connectivity index (χ1v) is 7.89. The van der Waals surface area contributed by atoms with E-state index in [1.807, 2.05) is 0 Å². The van der Waals surface area contributed by atoms with Gasteiger partial charge >= 0.3 is 0 Å². The zero-order valence-electron chi connectivity index (χ0n) is 13.5. The number of carbonyl (C=O) groups excluding carboxylic acids is 1. The minimum Gasteiger partial charge on any atom is -0.350 e. The zero-order valence-corrected chi connectivity index (χ0v) is 13.5. The molecule has 0 spiro atoms. The molecule has 8 heteroatoms. The monoisotopic (exact) mass is 318 g/mol. The lowest BCUT2D eigenvalue weighted by molar-refractivity contribution is 0.0920. The number of nitrogens with zero attached hydrogens (tertiary/aromatic N) is 5. The van der Waals surface area contributed by atoms with Crippen LogP contribution in [0.4, 0.5) is 0 Å². The van der Waals surface area contributed by atoms with Crippen LogP contribution in [0.1, 0.15) is 35.0 Å². The van der Waals surface area contributed by atoms with E-state index in [1.165, 1.54) is 0 Å². The number of carbonyl (C=O) groups is 1. The smallest absolute Gasteiger partial charge is 0.269 e. The molecule has 1 fully saturated rings. The van der Waals surface area contributed by atoms with Crippen LogP contribution in [-0.4, -0.2) is 50.4 Å². The number of nitrogens with one attached hydrogen (secondary N) is 1. The van der Waals surface area contributed by atoms with Crippen LogP contribution < -0.4 is 5.32 Å². The van der Waals surface area contributed by atoms with Crippen molar-refractivity contribution in [3.8, 4) is 0 Å². The lowest BCUT2D eigenvalue weighted by atomic mass is 9.98. The molecule has 1 atom stereocenters. The summed E-state index contributed by atoms with van der Waals surface area (Å²) in [7, 11) is 1.77. The molecule has 1 N–H and O–H groups in total. The Balaban J connectivity index is 1.49. The molecule has 1 aliphatic rings. The van der Waals surface area contributed by atoms with Crippen LogP contribution in [0, 0.1) is 12.8 Å². The third kappa shape index (κ3) is 3.95. The molecule has 0 saturated carbocycles. The fraction of sp³-hybridized carbons (Fsp3) is 0.600. The van der Waals surface area contributed by atoms with E-state index in [4.69, 9.17) is 4.52 Å². The highest BCUT2D eigenvalue weighted by atomic mass is 16.5. The molecular weight excluding hydrogens is 296 g/mol. The summed E-state index contributed by atoms with van der Waals surface area (Å²) in [5, 5.41) is 11.0. The molecule has 2 aromatic rings. The van der Waals surface area contributed by atoms with Crippen LogP contribution in [0.5, 0.6) is 0 Å². The molecule has 2 aromatic heterocycles. The topological polar surface area (TPSA) is 89.1 Å². The Morgan fingerprint density at radius 3 is 3.09 bits per heavy atom. The molecule has 3 heterocycles. The van der Waals surface area contributed by atoms with Crippen LogP contribution >= 0.6 is 0 Å². The van der Waals surface area contributed by atoms with Crippen LogP contribution in [0.2, 0.25) is 0 Å². The maximum absolute atomic E-state index is 12.1. The Morgan fingerprint density at radius 2 is 2.39 bits per heavy atom. The molecule has 1 unspecified atom stereocenters. The Bertz CT molecular complexity index is 664. The minimum absolute atomic E-state index is 0.0732. The number of aromatic nitrogens is 4. The van der Waals surface area contributed by atoms with Crippen molar-refractivity contribution >= 4 is 5.91 Å². The SMILES string of the molecule is Cc1nc(CN2CCCC(CNC(=O)c3ccnn3C)C2)no1. The number of aryl methyl sites for hydroxylation is 2. The van der Waals surface area contributed by atoms with Crippen LogP contribution in [-0.2, 0) is 13.6 Å². The van der Waals surface area contributed by atoms with E-state index in [9.17, 15) is 4.79 Å². The standard InChI is InChI=1S/C15H22N6O2/c1-11-18-14(19-23-11)10-21-7-3-4-12(9-21)8-16-15(22)13-5-6-17-20(13)2/h5-6,12H,3-4,7-10H2,1-2H3,(H,16,22). The first kappa shape index (κ1) is 15.7.